The highest BCUT2D eigenvalue weighted by Crippen LogP contribution is 2.34. The van der Waals surface area contributed by atoms with Crippen LogP contribution < -0.4 is 19.7 Å². The number of anilines is 2. The fourth-order valence-corrected chi connectivity index (χ4v) is 2.24. The van der Waals surface area contributed by atoms with Crippen molar-refractivity contribution in [1.29, 1.82) is 0 Å². The fourth-order valence-electron chi connectivity index (χ4n) is 2.24. The standard InChI is InChI=1S/C17H19N3O5/c1-19(2)12-7-5-11(6-8-12)18-17(21)13-9-15(24-3)16(25-4)10-14(13)20(22)23/h5-10H,1-4H3,(H,18,21). The maximum atomic E-state index is 12.5. The van der Waals surface area contributed by atoms with Gasteiger partial charge in [-0.1, -0.05) is 0 Å². The van der Waals surface area contributed by atoms with Gasteiger partial charge in [-0.05, 0) is 24.3 Å². The number of carbonyl (C=O) groups excluding carboxylic acids is 1. The lowest BCUT2D eigenvalue weighted by molar-refractivity contribution is -0.385. The molecule has 0 atom stereocenters. The van der Waals surface area contributed by atoms with E-state index in [1.807, 2.05) is 31.1 Å². The van der Waals surface area contributed by atoms with Gasteiger partial charge in [-0.2, -0.15) is 0 Å². The summed E-state index contributed by atoms with van der Waals surface area (Å²) in [6.45, 7) is 0. The van der Waals surface area contributed by atoms with Gasteiger partial charge in [0.2, 0.25) is 0 Å². The minimum atomic E-state index is -0.633. The summed E-state index contributed by atoms with van der Waals surface area (Å²) in [6.07, 6.45) is 0. The summed E-state index contributed by atoms with van der Waals surface area (Å²) >= 11 is 0. The second-order valence-electron chi connectivity index (χ2n) is 5.38. The topological polar surface area (TPSA) is 93.9 Å². The number of hydrogen-bond donors (Lipinski definition) is 1. The van der Waals surface area contributed by atoms with Gasteiger partial charge in [-0.25, -0.2) is 0 Å². The largest absolute Gasteiger partial charge is 0.493 e. The van der Waals surface area contributed by atoms with Crippen LogP contribution in [0.2, 0.25) is 0 Å². The molecule has 0 radical (unpaired) electrons. The van der Waals surface area contributed by atoms with Gasteiger partial charge in [0.15, 0.2) is 11.5 Å². The molecule has 132 valence electrons. The van der Waals surface area contributed by atoms with Crippen LogP contribution in [-0.4, -0.2) is 39.1 Å². The van der Waals surface area contributed by atoms with Gasteiger partial charge in [-0.3, -0.25) is 14.9 Å². The summed E-state index contributed by atoms with van der Waals surface area (Å²) in [7, 11) is 6.57. The average molecular weight is 345 g/mol. The number of carbonyl (C=O) groups is 1. The van der Waals surface area contributed by atoms with Gasteiger partial charge in [0.05, 0.1) is 25.2 Å². The molecule has 0 aromatic heterocycles. The Hall–Kier alpha value is -3.29. The predicted octanol–water partition coefficient (Wildman–Crippen LogP) is 2.93. The van der Waals surface area contributed by atoms with Crippen LogP contribution in [0.1, 0.15) is 10.4 Å². The van der Waals surface area contributed by atoms with Crippen LogP contribution in [0.3, 0.4) is 0 Å². The van der Waals surface area contributed by atoms with Crippen LogP contribution in [0.5, 0.6) is 11.5 Å². The summed E-state index contributed by atoms with van der Waals surface area (Å²) in [5, 5.41) is 13.9. The Labute approximate surface area is 145 Å². The van der Waals surface area contributed by atoms with Crippen molar-refractivity contribution in [3.8, 4) is 11.5 Å². The first-order chi connectivity index (χ1) is 11.9. The molecule has 0 heterocycles. The van der Waals surface area contributed by atoms with E-state index in [4.69, 9.17) is 9.47 Å². The lowest BCUT2D eigenvalue weighted by atomic mass is 10.1. The van der Waals surface area contributed by atoms with Gasteiger partial charge in [0, 0.05) is 31.5 Å². The summed E-state index contributed by atoms with van der Waals surface area (Å²) in [5.74, 6) is -0.187. The maximum absolute atomic E-state index is 12.5. The van der Waals surface area contributed by atoms with Crippen molar-refractivity contribution in [1.82, 2.24) is 0 Å². The molecule has 0 fully saturated rings. The zero-order valence-electron chi connectivity index (χ0n) is 14.4. The summed E-state index contributed by atoms with van der Waals surface area (Å²) in [6, 6.07) is 9.57. The Bertz CT molecular complexity index is 788. The molecule has 1 N–H and O–H groups in total. The first kappa shape index (κ1) is 18.1. The lowest BCUT2D eigenvalue weighted by Gasteiger charge is -2.13. The highest BCUT2D eigenvalue weighted by atomic mass is 16.6. The number of nitrogens with zero attached hydrogens (tertiary/aromatic N) is 2. The number of benzene rings is 2. The van der Waals surface area contributed by atoms with Gasteiger partial charge in [-0.15, -0.1) is 0 Å². The summed E-state index contributed by atoms with van der Waals surface area (Å²) in [4.78, 5) is 25.1. The van der Waals surface area contributed by atoms with E-state index in [-0.39, 0.29) is 22.7 Å². The number of methoxy groups -OCH3 is 2. The molecule has 2 aromatic carbocycles. The number of amides is 1. The molecule has 25 heavy (non-hydrogen) atoms. The number of ether oxygens (including phenoxy) is 2. The van der Waals surface area contributed by atoms with Crippen molar-refractivity contribution in [2.24, 2.45) is 0 Å². The molecule has 0 aliphatic carbocycles. The third-order valence-corrected chi connectivity index (χ3v) is 3.58. The molecule has 0 unspecified atom stereocenters. The van der Waals surface area contributed by atoms with E-state index >= 15 is 0 Å². The van der Waals surface area contributed by atoms with E-state index < -0.39 is 10.8 Å². The number of rotatable bonds is 6. The molecule has 1 amide bonds. The predicted molar refractivity (Wildman–Crippen MR) is 94.9 cm³/mol. The van der Waals surface area contributed by atoms with Gasteiger partial charge in [0.1, 0.15) is 5.56 Å². The SMILES string of the molecule is COc1cc(C(=O)Nc2ccc(N(C)C)cc2)c([N+](=O)[O-])cc1OC. The molecule has 2 aromatic rings. The molecule has 0 saturated heterocycles. The smallest absolute Gasteiger partial charge is 0.286 e. The first-order valence-corrected chi connectivity index (χ1v) is 7.36. The van der Waals surface area contributed by atoms with E-state index in [0.29, 0.717) is 5.69 Å². The van der Waals surface area contributed by atoms with E-state index in [2.05, 4.69) is 5.32 Å². The minimum absolute atomic E-state index is 0.112. The molecule has 8 nitrogen and oxygen atoms in total. The number of hydrogen-bond acceptors (Lipinski definition) is 6. The Kier molecular flexibility index (Phi) is 5.43. The van der Waals surface area contributed by atoms with E-state index in [1.165, 1.54) is 26.4 Å². The Balaban J connectivity index is 2.35. The van der Waals surface area contributed by atoms with Crippen molar-refractivity contribution >= 4 is 23.0 Å². The van der Waals surface area contributed by atoms with Gasteiger partial charge >= 0.3 is 0 Å². The van der Waals surface area contributed by atoms with Gasteiger partial charge < -0.3 is 19.7 Å². The Morgan fingerprint density at radius 2 is 1.64 bits per heavy atom. The molecule has 0 aliphatic rings. The first-order valence-electron chi connectivity index (χ1n) is 7.36. The lowest BCUT2D eigenvalue weighted by Crippen LogP contribution is -2.15. The molecular formula is C17H19N3O5. The second-order valence-corrected chi connectivity index (χ2v) is 5.38. The van der Waals surface area contributed by atoms with Crippen molar-refractivity contribution in [2.45, 2.75) is 0 Å². The second kappa shape index (κ2) is 7.52. The molecule has 8 heteroatoms. The molecular weight excluding hydrogens is 326 g/mol. The molecule has 0 saturated carbocycles. The van der Waals surface area contributed by atoms with Crippen molar-refractivity contribution < 1.29 is 19.2 Å². The fraction of sp³-hybridized carbons (Fsp3) is 0.235. The molecule has 0 aliphatic heterocycles. The summed E-state index contributed by atoms with van der Waals surface area (Å²) < 4.78 is 10.2. The van der Waals surface area contributed by atoms with Crippen LogP contribution >= 0.6 is 0 Å². The number of nitro groups is 1. The zero-order chi connectivity index (χ0) is 18.6. The van der Waals surface area contributed by atoms with Crippen LogP contribution in [0, 0.1) is 10.1 Å². The molecule has 2 rings (SSSR count). The quantitative estimate of drug-likeness (QED) is 0.639. The van der Waals surface area contributed by atoms with Crippen LogP contribution in [0.4, 0.5) is 17.1 Å². The Morgan fingerprint density at radius 1 is 1.08 bits per heavy atom. The normalized spacial score (nSPS) is 10.1. The van der Waals surface area contributed by atoms with Crippen molar-refractivity contribution in [2.75, 3.05) is 38.5 Å². The van der Waals surface area contributed by atoms with Crippen molar-refractivity contribution in [3.05, 3.63) is 52.1 Å². The zero-order valence-corrected chi connectivity index (χ0v) is 14.4. The Morgan fingerprint density at radius 3 is 2.12 bits per heavy atom. The monoisotopic (exact) mass is 345 g/mol. The number of nitrogens with one attached hydrogen (secondary N) is 1. The third-order valence-electron chi connectivity index (χ3n) is 3.58. The van der Waals surface area contributed by atoms with Crippen LogP contribution in [0.25, 0.3) is 0 Å². The highest BCUT2D eigenvalue weighted by Gasteiger charge is 2.24. The average Bonchev–Trinajstić information content (AvgIpc) is 2.60. The van der Waals surface area contributed by atoms with Crippen LogP contribution in [-0.2, 0) is 0 Å². The van der Waals surface area contributed by atoms with Crippen molar-refractivity contribution in [3.63, 3.8) is 0 Å². The summed E-state index contributed by atoms with van der Waals surface area (Å²) in [5.41, 5.74) is 1.02. The molecule has 0 spiro atoms. The number of nitro benzene ring substituents is 1. The highest BCUT2D eigenvalue weighted by molar-refractivity contribution is 6.07. The van der Waals surface area contributed by atoms with E-state index in [9.17, 15) is 14.9 Å². The van der Waals surface area contributed by atoms with Crippen LogP contribution in [0.15, 0.2) is 36.4 Å². The molecule has 0 bridgehead atoms. The van der Waals surface area contributed by atoms with E-state index in [1.54, 1.807) is 12.1 Å². The maximum Gasteiger partial charge on any atom is 0.286 e. The minimum Gasteiger partial charge on any atom is -0.493 e. The third kappa shape index (κ3) is 3.97. The van der Waals surface area contributed by atoms with Gasteiger partial charge in [0.25, 0.3) is 11.6 Å². The van der Waals surface area contributed by atoms with E-state index in [0.717, 1.165) is 5.69 Å².